The lowest BCUT2D eigenvalue weighted by atomic mass is 10.2. The average molecular weight is 254 g/mol. The zero-order valence-corrected chi connectivity index (χ0v) is 11.2. The molecule has 94 valence electrons. The molecule has 0 aromatic heterocycles. The summed E-state index contributed by atoms with van der Waals surface area (Å²) in [6, 6.07) is 5.02. The summed E-state index contributed by atoms with van der Waals surface area (Å²) in [5.41, 5.74) is 6.72. The van der Waals surface area contributed by atoms with E-state index in [-0.39, 0.29) is 11.4 Å². The van der Waals surface area contributed by atoms with Crippen molar-refractivity contribution in [2.24, 2.45) is 5.92 Å². The second-order valence-electron chi connectivity index (χ2n) is 4.41. The molecule has 0 amide bonds. The van der Waals surface area contributed by atoms with Crippen molar-refractivity contribution in [3.05, 3.63) is 33.9 Å². The van der Waals surface area contributed by atoms with Crippen LogP contribution in [0.25, 0.3) is 0 Å². The van der Waals surface area contributed by atoms with Gasteiger partial charge in [0.1, 0.15) is 5.69 Å². The summed E-state index contributed by atoms with van der Waals surface area (Å²) >= 11 is 1.80. The van der Waals surface area contributed by atoms with Gasteiger partial charge in [-0.2, -0.15) is 11.8 Å². The van der Waals surface area contributed by atoms with Crippen molar-refractivity contribution >= 4 is 23.1 Å². The van der Waals surface area contributed by atoms with Gasteiger partial charge in [0.15, 0.2) is 0 Å². The van der Waals surface area contributed by atoms with E-state index in [1.54, 1.807) is 23.9 Å². The Balaban J connectivity index is 2.73. The standard InChI is InChI=1S/C12H18N2O2S/c1-8(2)9(3)17-7-10-4-5-11(13)12(6-10)14(15)16/h4-6,8-9H,7,13H2,1-3H3. The van der Waals surface area contributed by atoms with E-state index < -0.39 is 4.92 Å². The van der Waals surface area contributed by atoms with E-state index in [4.69, 9.17) is 5.73 Å². The second-order valence-corrected chi connectivity index (χ2v) is 5.78. The molecule has 1 aromatic rings. The average Bonchev–Trinajstić information content (AvgIpc) is 2.26. The SMILES string of the molecule is CC(C)C(C)SCc1ccc(N)c([N+](=O)[O-])c1. The number of nitro groups is 1. The molecule has 1 rings (SSSR count). The smallest absolute Gasteiger partial charge is 0.292 e. The fourth-order valence-corrected chi connectivity index (χ4v) is 2.28. The van der Waals surface area contributed by atoms with Gasteiger partial charge in [0.25, 0.3) is 5.69 Å². The molecular formula is C12H18N2O2S. The number of rotatable bonds is 5. The first kappa shape index (κ1) is 13.8. The van der Waals surface area contributed by atoms with Gasteiger partial charge in [-0.25, -0.2) is 0 Å². The van der Waals surface area contributed by atoms with Crippen LogP contribution in [0.4, 0.5) is 11.4 Å². The van der Waals surface area contributed by atoms with Crippen LogP contribution >= 0.6 is 11.8 Å². The van der Waals surface area contributed by atoms with Gasteiger partial charge in [0, 0.05) is 17.1 Å². The van der Waals surface area contributed by atoms with Gasteiger partial charge in [-0.05, 0) is 17.5 Å². The first-order chi connectivity index (χ1) is 7.91. The number of benzene rings is 1. The Morgan fingerprint density at radius 2 is 2.06 bits per heavy atom. The van der Waals surface area contributed by atoms with E-state index >= 15 is 0 Å². The van der Waals surface area contributed by atoms with E-state index in [1.807, 2.05) is 6.07 Å². The molecule has 0 fully saturated rings. The zero-order chi connectivity index (χ0) is 13.0. The van der Waals surface area contributed by atoms with Crippen LogP contribution < -0.4 is 5.73 Å². The number of nitrogens with two attached hydrogens (primary N) is 1. The fourth-order valence-electron chi connectivity index (χ4n) is 1.26. The lowest BCUT2D eigenvalue weighted by molar-refractivity contribution is -0.383. The topological polar surface area (TPSA) is 69.2 Å². The van der Waals surface area contributed by atoms with Crippen molar-refractivity contribution < 1.29 is 4.92 Å². The summed E-state index contributed by atoms with van der Waals surface area (Å²) in [5.74, 6) is 1.38. The number of hydrogen-bond donors (Lipinski definition) is 1. The Bertz CT molecular complexity index is 407. The normalized spacial score (nSPS) is 12.7. The van der Waals surface area contributed by atoms with E-state index in [2.05, 4.69) is 20.8 Å². The van der Waals surface area contributed by atoms with E-state index in [9.17, 15) is 10.1 Å². The van der Waals surface area contributed by atoms with Crippen molar-refractivity contribution in [2.75, 3.05) is 5.73 Å². The summed E-state index contributed by atoms with van der Waals surface area (Å²) < 4.78 is 0. The molecule has 0 aliphatic rings. The largest absolute Gasteiger partial charge is 0.393 e. The molecule has 17 heavy (non-hydrogen) atoms. The highest BCUT2D eigenvalue weighted by Crippen LogP contribution is 2.27. The third kappa shape index (κ3) is 3.93. The van der Waals surface area contributed by atoms with Gasteiger partial charge in [-0.3, -0.25) is 10.1 Å². The third-order valence-electron chi connectivity index (χ3n) is 2.74. The van der Waals surface area contributed by atoms with Gasteiger partial charge < -0.3 is 5.73 Å². The van der Waals surface area contributed by atoms with Crippen LogP contribution in [0.15, 0.2) is 18.2 Å². The van der Waals surface area contributed by atoms with Crippen molar-refractivity contribution in [1.29, 1.82) is 0 Å². The Hall–Kier alpha value is -1.23. The van der Waals surface area contributed by atoms with Crippen LogP contribution in [-0.2, 0) is 5.75 Å². The van der Waals surface area contributed by atoms with Crippen molar-refractivity contribution in [3.8, 4) is 0 Å². The minimum atomic E-state index is -0.435. The molecule has 0 saturated carbocycles. The second kappa shape index (κ2) is 5.91. The van der Waals surface area contributed by atoms with Crippen LogP contribution in [0.5, 0.6) is 0 Å². The van der Waals surface area contributed by atoms with Gasteiger partial charge in [0.05, 0.1) is 4.92 Å². The first-order valence-electron chi connectivity index (χ1n) is 5.56. The molecule has 4 nitrogen and oxygen atoms in total. The Labute approximate surface area is 106 Å². The summed E-state index contributed by atoms with van der Waals surface area (Å²) in [6.07, 6.45) is 0. The van der Waals surface area contributed by atoms with E-state index in [0.29, 0.717) is 11.2 Å². The Morgan fingerprint density at radius 1 is 1.41 bits per heavy atom. The fraction of sp³-hybridized carbons (Fsp3) is 0.500. The van der Waals surface area contributed by atoms with Crippen LogP contribution in [0.2, 0.25) is 0 Å². The van der Waals surface area contributed by atoms with Crippen molar-refractivity contribution in [3.63, 3.8) is 0 Å². The van der Waals surface area contributed by atoms with Crippen LogP contribution in [0.1, 0.15) is 26.3 Å². The number of anilines is 1. The highest BCUT2D eigenvalue weighted by Gasteiger charge is 2.13. The maximum absolute atomic E-state index is 10.7. The molecule has 0 aliphatic heterocycles. The molecule has 2 N–H and O–H groups in total. The summed E-state index contributed by atoms with van der Waals surface area (Å²) in [4.78, 5) is 10.3. The number of nitrogen functional groups attached to an aromatic ring is 1. The third-order valence-corrected chi connectivity index (χ3v) is 4.31. The quantitative estimate of drug-likeness (QED) is 0.496. The molecule has 0 spiro atoms. The van der Waals surface area contributed by atoms with Crippen LogP contribution in [0.3, 0.4) is 0 Å². The summed E-state index contributed by atoms with van der Waals surface area (Å²) in [6.45, 7) is 6.51. The predicted molar refractivity (Wildman–Crippen MR) is 73.1 cm³/mol. The molecule has 0 radical (unpaired) electrons. The maximum Gasteiger partial charge on any atom is 0.292 e. The molecule has 1 unspecified atom stereocenters. The Morgan fingerprint density at radius 3 is 2.59 bits per heavy atom. The molecule has 0 saturated heterocycles. The molecule has 1 aromatic carbocycles. The van der Waals surface area contributed by atoms with Gasteiger partial charge >= 0.3 is 0 Å². The highest BCUT2D eigenvalue weighted by atomic mass is 32.2. The minimum absolute atomic E-state index is 0.000278. The number of nitrogens with zero attached hydrogens (tertiary/aromatic N) is 1. The molecule has 0 heterocycles. The predicted octanol–water partition coefficient (Wildman–Crippen LogP) is 3.45. The lowest BCUT2D eigenvalue weighted by Crippen LogP contribution is -2.06. The van der Waals surface area contributed by atoms with Gasteiger partial charge in [-0.1, -0.05) is 26.8 Å². The van der Waals surface area contributed by atoms with Gasteiger partial charge in [-0.15, -0.1) is 0 Å². The molecule has 1 atom stereocenters. The highest BCUT2D eigenvalue weighted by molar-refractivity contribution is 7.99. The molecule has 0 aliphatic carbocycles. The minimum Gasteiger partial charge on any atom is -0.393 e. The van der Waals surface area contributed by atoms with Crippen molar-refractivity contribution in [2.45, 2.75) is 31.8 Å². The molecule has 5 heteroatoms. The number of nitro benzene ring substituents is 1. The first-order valence-corrected chi connectivity index (χ1v) is 6.61. The number of thioether (sulfide) groups is 1. The van der Waals surface area contributed by atoms with E-state index in [1.165, 1.54) is 0 Å². The zero-order valence-electron chi connectivity index (χ0n) is 10.3. The van der Waals surface area contributed by atoms with Crippen molar-refractivity contribution in [1.82, 2.24) is 0 Å². The van der Waals surface area contributed by atoms with Gasteiger partial charge in [0.2, 0.25) is 0 Å². The Kier molecular flexibility index (Phi) is 4.81. The molecular weight excluding hydrogens is 236 g/mol. The van der Waals surface area contributed by atoms with Crippen LogP contribution in [-0.4, -0.2) is 10.2 Å². The summed E-state index contributed by atoms with van der Waals surface area (Å²) in [7, 11) is 0. The maximum atomic E-state index is 10.7. The summed E-state index contributed by atoms with van der Waals surface area (Å²) in [5, 5.41) is 11.3. The number of hydrogen-bond acceptors (Lipinski definition) is 4. The lowest BCUT2D eigenvalue weighted by Gasteiger charge is -2.14. The molecule has 0 bridgehead atoms. The van der Waals surface area contributed by atoms with E-state index in [0.717, 1.165) is 11.3 Å². The monoisotopic (exact) mass is 254 g/mol. The van der Waals surface area contributed by atoms with Crippen LogP contribution in [0, 0.1) is 16.0 Å².